The number of hydrogen-bond donors (Lipinski definition) is 2. The van der Waals surface area contributed by atoms with Crippen LogP contribution < -0.4 is 11.1 Å². The van der Waals surface area contributed by atoms with E-state index in [1.165, 1.54) is 4.88 Å². The van der Waals surface area contributed by atoms with Crippen LogP contribution in [0.2, 0.25) is 4.34 Å². The smallest absolute Gasteiger partial charge is 0.193 e. The number of benzene rings is 1. The van der Waals surface area contributed by atoms with Gasteiger partial charge in [-0.15, -0.1) is 35.3 Å². The largest absolute Gasteiger partial charge is 0.380 e. The Morgan fingerprint density at radius 2 is 2.09 bits per heavy atom. The topological polar surface area (TPSA) is 59.6 Å². The first-order chi connectivity index (χ1) is 10.2. The summed E-state index contributed by atoms with van der Waals surface area (Å²) in [6.07, 6.45) is 0.833. The number of hydrogen-bond acceptors (Lipinski definition) is 3. The molecule has 0 aliphatic rings. The standard InChI is InChI=1S/C15H18ClN3OS.HI/c1-20-10-11-4-2-3-5-13(11)19-15(17)18-9-8-12-6-7-14(16)21-12;/h2-7H,8-10H2,1H3,(H3,17,18,19);1H. The number of guanidine groups is 1. The molecule has 0 bridgehead atoms. The minimum Gasteiger partial charge on any atom is -0.380 e. The number of nitrogens with two attached hydrogens (primary N) is 1. The lowest BCUT2D eigenvalue weighted by molar-refractivity contribution is 0.185. The highest BCUT2D eigenvalue weighted by Gasteiger charge is 2.02. The predicted molar refractivity (Wildman–Crippen MR) is 106 cm³/mol. The molecule has 1 aromatic carbocycles. The maximum absolute atomic E-state index is 5.92. The van der Waals surface area contributed by atoms with Crippen LogP contribution >= 0.6 is 46.9 Å². The zero-order valence-corrected chi connectivity index (χ0v) is 16.1. The van der Waals surface area contributed by atoms with Crippen molar-refractivity contribution in [3.8, 4) is 0 Å². The van der Waals surface area contributed by atoms with Gasteiger partial charge in [-0.3, -0.25) is 4.99 Å². The van der Waals surface area contributed by atoms with Gasteiger partial charge in [0.25, 0.3) is 0 Å². The molecule has 0 spiro atoms. The van der Waals surface area contributed by atoms with E-state index in [1.54, 1.807) is 18.4 Å². The Hall–Kier alpha value is -0.830. The van der Waals surface area contributed by atoms with Crippen molar-refractivity contribution in [3.63, 3.8) is 0 Å². The average molecular weight is 452 g/mol. The van der Waals surface area contributed by atoms with Crippen molar-refractivity contribution in [2.45, 2.75) is 13.0 Å². The molecule has 3 N–H and O–H groups in total. The highest BCUT2D eigenvalue weighted by molar-refractivity contribution is 14.0. The third kappa shape index (κ3) is 6.12. The molecule has 0 amide bonds. The van der Waals surface area contributed by atoms with Crippen molar-refractivity contribution in [2.75, 3.05) is 19.0 Å². The molecule has 1 aromatic heterocycles. The van der Waals surface area contributed by atoms with Crippen LogP contribution in [-0.2, 0) is 17.8 Å². The van der Waals surface area contributed by atoms with Crippen LogP contribution in [0.1, 0.15) is 10.4 Å². The number of methoxy groups -OCH3 is 1. The molecule has 0 fully saturated rings. The van der Waals surface area contributed by atoms with Gasteiger partial charge in [-0.2, -0.15) is 0 Å². The predicted octanol–water partition coefficient (Wildman–Crippen LogP) is 4.14. The van der Waals surface area contributed by atoms with E-state index >= 15 is 0 Å². The van der Waals surface area contributed by atoms with Crippen LogP contribution in [0.15, 0.2) is 41.4 Å². The molecular formula is C15H19ClIN3OS. The van der Waals surface area contributed by atoms with Crippen molar-refractivity contribution < 1.29 is 4.74 Å². The fourth-order valence-electron chi connectivity index (χ4n) is 1.87. The van der Waals surface area contributed by atoms with Crippen molar-refractivity contribution in [1.82, 2.24) is 0 Å². The molecule has 4 nitrogen and oxygen atoms in total. The second-order valence-electron chi connectivity index (χ2n) is 4.44. The fourth-order valence-corrected chi connectivity index (χ4v) is 2.95. The second kappa shape index (κ2) is 10.0. The maximum Gasteiger partial charge on any atom is 0.193 e. The van der Waals surface area contributed by atoms with Crippen LogP contribution in [-0.4, -0.2) is 19.6 Å². The molecular weight excluding hydrogens is 433 g/mol. The van der Waals surface area contributed by atoms with E-state index in [0.29, 0.717) is 19.1 Å². The molecule has 2 rings (SSSR count). The molecule has 0 aliphatic carbocycles. The number of ether oxygens (including phenoxy) is 1. The van der Waals surface area contributed by atoms with Gasteiger partial charge in [-0.25, -0.2) is 0 Å². The lowest BCUT2D eigenvalue weighted by Crippen LogP contribution is -2.23. The van der Waals surface area contributed by atoms with E-state index in [0.717, 1.165) is 22.0 Å². The zero-order valence-electron chi connectivity index (χ0n) is 12.2. The van der Waals surface area contributed by atoms with Gasteiger partial charge in [0.05, 0.1) is 10.9 Å². The molecule has 120 valence electrons. The van der Waals surface area contributed by atoms with Gasteiger partial charge >= 0.3 is 0 Å². The third-order valence-electron chi connectivity index (χ3n) is 2.85. The lowest BCUT2D eigenvalue weighted by atomic mass is 10.2. The fraction of sp³-hybridized carbons (Fsp3) is 0.267. The summed E-state index contributed by atoms with van der Waals surface area (Å²) in [5, 5.41) is 3.11. The van der Waals surface area contributed by atoms with Crippen molar-refractivity contribution in [2.24, 2.45) is 10.7 Å². The van der Waals surface area contributed by atoms with Crippen molar-refractivity contribution in [1.29, 1.82) is 0 Å². The number of nitrogens with one attached hydrogen (secondary N) is 1. The van der Waals surface area contributed by atoms with Gasteiger partial charge in [0.1, 0.15) is 0 Å². The van der Waals surface area contributed by atoms with Gasteiger partial charge in [-0.05, 0) is 18.2 Å². The summed E-state index contributed by atoms with van der Waals surface area (Å²) < 4.78 is 5.96. The quantitative estimate of drug-likeness (QED) is 0.394. The summed E-state index contributed by atoms with van der Waals surface area (Å²) in [6, 6.07) is 11.8. The van der Waals surface area contributed by atoms with Gasteiger partial charge in [0, 0.05) is 36.2 Å². The molecule has 0 aliphatic heterocycles. The van der Waals surface area contributed by atoms with E-state index in [4.69, 9.17) is 22.1 Å². The van der Waals surface area contributed by atoms with Crippen LogP contribution in [0.25, 0.3) is 0 Å². The maximum atomic E-state index is 5.92. The van der Waals surface area contributed by atoms with Gasteiger partial charge in [0.15, 0.2) is 5.96 Å². The van der Waals surface area contributed by atoms with Crippen LogP contribution in [0.3, 0.4) is 0 Å². The minimum absolute atomic E-state index is 0. The number of para-hydroxylation sites is 1. The van der Waals surface area contributed by atoms with Crippen LogP contribution in [0.5, 0.6) is 0 Å². The number of aliphatic imine (C=N–C) groups is 1. The SMILES string of the molecule is COCc1ccccc1NC(N)=NCCc1ccc(Cl)s1.I. The molecule has 1 heterocycles. The molecule has 0 radical (unpaired) electrons. The lowest BCUT2D eigenvalue weighted by Gasteiger charge is -2.10. The van der Waals surface area contributed by atoms with Crippen molar-refractivity contribution >= 4 is 58.6 Å². The second-order valence-corrected chi connectivity index (χ2v) is 6.24. The zero-order chi connectivity index (χ0) is 15.1. The van der Waals surface area contributed by atoms with Crippen molar-refractivity contribution in [3.05, 3.63) is 51.2 Å². The summed E-state index contributed by atoms with van der Waals surface area (Å²) in [6.45, 7) is 1.16. The number of anilines is 1. The molecule has 0 saturated heterocycles. The Labute approximate surface area is 156 Å². The normalized spacial score (nSPS) is 11.1. The summed E-state index contributed by atoms with van der Waals surface area (Å²) in [5.41, 5.74) is 7.88. The number of rotatable bonds is 6. The molecule has 0 atom stereocenters. The Balaban J connectivity index is 0.00000242. The summed E-state index contributed by atoms with van der Waals surface area (Å²) >= 11 is 7.46. The van der Waals surface area contributed by atoms with Crippen LogP contribution in [0, 0.1) is 0 Å². The number of nitrogens with zero attached hydrogens (tertiary/aromatic N) is 1. The Morgan fingerprint density at radius 3 is 2.77 bits per heavy atom. The minimum atomic E-state index is 0. The molecule has 2 aromatic rings. The number of halogens is 2. The first kappa shape index (κ1) is 19.2. The van der Waals surface area contributed by atoms with Gasteiger partial charge in [0.2, 0.25) is 0 Å². The third-order valence-corrected chi connectivity index (χ3v) is 4.14. The summed E-state index contributed by atoms with van der Waals surface area (Å²) in [4.78, 5) is 5.54. The molecule has 0 unspecified atom stereocenters. The monoisotopic (exact) mass is 451 g/mol. The van der Waals surface area contributed by atoms with E-state index in [-0.39, 0.29) is 24.0 Å². The van der Waals surface area contributed by atoms with E-state index in [9.17, 15) is 0 Å². The Morgan fingerprint density at radius 1 is 1.32 bits per heavy atom. The highest BCUT2D eigenvalue weighted by atomic mass is 127. The number of thiophene rings is 1. The Bertz CT molecular complexity index is 618. The van der Waals surface area contributed by atoms with Gasteiger partial charge < -0.3 is 15.8 Å². The molecule has 0 saturated carbocycles. The molecule has 7 heteroatoms. The highest BCUT2D eigenvalue weighted by Crippen LogP contribution is 2.21. The first-order valence-electron chi connectivity index (χ1n) is 6.57. The molecule has 22 heavy (non-hydrogen) atoms. The van der Waals surface area contributed by atoms with E-state index in [2.05, 4.69) is 10.3 Å². The first-order valence-corrected chi connectivity index (χ1v) is 7.76. The van der Waals surface area contributed by atoms with Gasteiger partial charge in [-0.1, -0.05) is 29.8 Å². The van der Waals surface area contributed by atoms with E-state index in [1.807, 2.05) is 36.4 Å². The summed E-state index contributed by atoms with van der Waals surface area (Å²) in [5.74, 6) is 0.404. The summed E-state index contributed by atoms with van der Waals surface area (Å²) in [7, 11) is 1.67. The average Bonchev–Trinajstić information content (AvgIpc) is 2.87. The van der Waals surface area contributed by atoms with E-state index < -0.39 is 0 Å². The Kier molecular flexibility index (Phi) is 8.77. The van der Waals surface area contributed by atoms with Crippen LogP contribution in [0.4, 0.5) is 5.69 Å².